The van der Waals surface area contributed by atoms with Gasteiger partial charge in [0.1, 0.15) is 5.76 Å². The van der Waals surface area contributed by atoms with Gasteiger partial charge in [-0.1, -0.05) is 36.4 Å². The van der Waals surface area contributed by atoms with Crippen LogP contribution in [0.3, 0.4) is 0 Å². The molecule has 0 aliphatic heterocycles. The molecule has 3 rings (SSSR count). The SMILES string of the molecule is CC(=O)c1ccccc1-c1cc2cccc(F)c2o1. The predicted octanol–water partition coefficient (Wildman–Crippen LogP) is 4.44. The second-order valence-corrected chi connectivity index (χ2v) is 4.37. The highest BCUT2D eigenvalue weighted by Gasteiger charge is 2.14. The van der Waals surface area contributed by atoms with E-state index in [0.29, 0.717) is 22.3 Å². The monoisotopic (exact) mass is 254 g/mol. The van der Waals surface area contributed by atoms with Crippen LogP contribution in [-0.4, -0.2) is 5.78 Å². The quantitative estimate of drug-likeness (QED) is 0.633. The standard InChI is InChI=1S/C16H11FO2/c1-10(18)12-6-2-3-7-13(12)15-9-11-5-4-8-14(17)16(11)19-15/h2-9H,1H3. The number of hydrogen-bond acceptors (Lipinski definition) is 2. The Morgan fingerprint density at radius 3 is 2.63 bits per heavy atom. The fraction of sp³-hybridized carbons (Fsp3) is 0.0625. The Morgan fingerprint density at radius 1 is 1.11 bits per heavy atom. The van der Waals surface area contributed by atoms with Crippen LogP contribution in [-0.2, 0) is 0 Å². The zero-order valence-corrected chi connectivity index (χ0v) is 10.3. The lowest BCUT2D eigenvalue weighted by Crippen LogP contribution is -1.94. The molecule has 19 heavy (non-hydrogen) atoms. The van der Waals surface area contributed by atoms with Gasteiger partial charge in [0.2, 0.25) is 0 Å². The average molecular weight is 254 g/mol. The van der Waals surface area contributed by atoms with Crippen molar-refractivity contribution in [2.45, 2.75) is 6.92 Å². The molecule has 0 saturated carbocycles. The normalized spacial score (nSPS) is 10.8. The van der Waals surface area contributed by atoms with Crippen LogP contribution in [0.4, 0.5) is 4.39 Å². The van der Waals surface area contributed by atoms with Crippen molar-refractivity contribution in [1.82, 2.24) is 0 Å². The van der Waals surface area contributed by atoms with Crippen molar-refractivity contribution in [3.63, 3.8) is 0 Å². The Morgan fingerprint density at radius 2 is 1.89 bits per heavy atom. The van der Waals surface area contributed by atoms with E-state index in [-0.39, 0.29) is 11.4 Å². The van der Waals surface area contributed by atoms with Crippen molar-refractivity contribution in [2.24, 2.45) is 0 Å². The van der Waals surface area contributed by atoms with Crippen LogP contribution in [0.5, 0.6) is 0 Å². The van der Waals surface area contributed by atoms with E-state index in [0.717, 1.165) is 0 Å². The number of furan rings is 1. The van der Waals surface area contributed by atoms with Crippen LogP contribution in [0, 0.1) is 5.82 Å². The molecule has 0 amide bonds. The van der Waals surface area contributed by atoms with Crippen molar-refractivity contribution < 1.29 is 13.6 Å². The summed E-state index contributed by atoms with van der Waals surface area (Å²) in [5.41, 5.74) is 1.48. The molecule has 0 N–H and O–H groups in total. The lowest BCUT2D eigenvalue weighted by molar-refractivity contribution is 0.101. The van der Waals surface area contributed by atoms with Gasteiger partial charge < -0.3 is 4.42 Å². The van der Waals surface area contributed by atoms with Gasteiger partial charge in [-0.3, -0.25) is 4.79 Å². The minimum atomic E-state index is -0.399. The van der Waals surface area contributed by atoms with Crippen molar-refractivity contribution in [3.05, 3.63) is 59.9 Å². The first kappa shape index (κ1) is 11.7. The van der Waals surface area contributed by atoms with Crippen LogP contribution in [0.2, 0.25) is 0 Å². The molecule has 3 heteroatoms. The highest BCUT2D eigenvalue weighted by molar-refractivity contribution is 6.01. The molecule has 0 radical (unpaired) electrons. The molecule has 3 aromatic rings. The Bertz CT molecular complexity index is 771. The maximum absolute atomic E-state index is 13.6. The van der Waals surface area contributed by atoms with Gasteiger partial charge >= 0.3 is 0 Å². The summed E-state index contributed by atoms with van der Waals surface area (Å²) in [4.78, 5) is 11.6. The van der Waals surface area contributed by atoms with Gasteiger partial charge in [0.05, 0.1) is 0 Å². The number of carbonyl (C=O) groups is 1. The first-order valence-corrected chi connectivity index (χ1v) is 5.95. The summed E-state index contributed by atoms with van der Waals surface area (Å²) in [5.74, 6) is 0.0616. The molecule has 0 bridgehead atoms. The Balaban J connectivity index is 2.25. The molecule has 1 heterocycles. The highest BCUT2D eigenvalue weighted by Crippen LogP contribution is 2.31. The summed E-state index contributed by atoms with van der Waals surface area (Å²) < 4.78 is 19.2. The number of carbonyl (C=O) groups excluding carboxylic acids is 1. The minimum absolute atomic E-state index is 0.0449. The van der Waals surface area contributed by atoms with Crippen molar-refractivity contribution in [2.75, 3.05) is 0 Å². The second-order valence-electron chi connectivity index (χ2n) is 4.37. The lowest BCUT2D eigenvalue weighted by Gasteiger charge is -2.02. The summed E-state index contributed by atoms with van der Waals surface area (Å²) in [6, 6.07) is 13.7. The summed E-state index contributed by atoms with van der Waals surface area (Å²) >= 11 is 0. The van der Waals surface area contributed by atoms with E-state index in [9.17, 15) is 9.18 Å². The Hall–Kier alpha value is -2.42. The molecule has 2 aromatic carbocycles. The molecule has 0 spiro atoms. The number of ketones is 1. The van der Waals surface area contributed by atoms with Gasteiger partial charge in [0, 0.05) is 16.5 Å². The maximum Gasteiger partial charge on any atom is 0.170 e. The van der Waals surface area contributed by atoms with E-state index in [1.54, 1.807) is 36.4 Å². The fourth-order valence-corrected chi connectivity index (χ4v) is 2.17. The third-order valence-electron chi connectivity index (χ3n) is 3.07. The number of halogens is 1. The van der Waals surface area contributed by atoms with Gasteiger partial charge in [0.15, 0.2) is 17.2 Å². The topological polar surface area (TPSA) is 30.2 Å². The number of Topliss-reactive ketones (excluding diaryl/α,β-unsaturated/α-hetero) is 1. The van der Waals surface area contributed by atoms with Gasteiger partial charge in [0.25, 0.3) is 0 Å². The zero-order chi connectivity index (χ0) is 13.4. The predicted molar refractivity (Wildman–Crippen MR) is 71.6 cm³/mol. The lowest BCUT2D eigenvalue weighted by atomic mass is 10.0. The van der Waals surface area contributed by atoms with E-state index in [1.807, 2.05) is 6.07 Å². The molecule has 0 atom stereocenters. The number of rotatable bonds is 2. The molecular weight excluding hydrogens is 243 g/mol. The first-order valence-electron chi connectivity index (χ1n) is 5.95. The van der Waals surface area contributed by atoms with Gasteiger partial charge in [-0.25, -0.2) is 4.39 Å². The van der Waals surface area contributed by atoms with Crippen molar-refractivity contribution in [3.8, 4) is 11.3 Å². The second kappa shape index (κ2) is 4.35. The van der Waals surface area contributed by atoms with E-state index < -0.39 is 5.82 Å². The van der Waals surface area contributed by atoms with Crippen LogP contribution < -0.4 is 0 Å². The molecule has 1 aromatic heterocycles. The van der Waals surface area contributed by atoms with Gasteiger partial charge in [-0.15, -0.1) is 0 Å². The van der Waals surface area contributed by atoms with E-state index in [4.69, 9.17) is 4.42 Å². The maximum atomic E-state index is 13.6. The fourth-order valence-electron chi connectivity index (χ4n) is 2.17. The molecule has 0 aliphatic carbocycles. The van der Waals surface area contributed by atoms with Crippen LogP contribution in [0.25, 0.3) is 22.3 Å². The van der Waals surface area contributed by atoms with Crippen molar-refractivity contribution >= 4 is 16.8 Å². The molecule has 0 saturated heterocycles. The van der Waals surface area contributed by atoms with Gasteiger partial charge in [-0.2, -0.15) is 0 Å². The summed E-state index contributed by atoms with van der Waals surface area (Å²) in [5, 5.41) is 0.688. The Kier molecular flexibility index (Phi) is 2.67. The molecular formula is C16H11FO2. The number of benzene rings is 2. The summed E-state index contributed by atoms with van der Waals surface area (Å²) in [7, 11) is 0. The molecule has 0 fully saturated rings. The minimum Gasteiger partial charge on any atom is -0.453 e. The largest absolute Gasteiger partial charge is 0.453 e. The van der Waals surface area contributed by atoms with Crippen molar-refractivity contribution in [1.29, 1.82) is 0 Å². The number of hydrogen-bond donors (Lipinski definition) is 0. The highest BCUT2D eigenvalue weighted by atomic mass is 19.1. The Labute approximate surface area is 109 Å². The molecule has 2 nitrogen and oxygen atoms in total. The van der Waals surface area contributed by atoms with Crippen LogP contribution in [0.1, 0.15) is 17.3 Å². The first-order chi connectivity index (χ1) is 9.16. The van der Waals surface area contributed by atoms with E-state index >= 15 is 0 Å². The summed E-state index contributed by atoms with van der Waals surface area (Å²) in [6.45, 7) is 1.50. The summed E-state index contributed by atoms with van der Waals surface area (Å²) in [6.07, 6.45) is 0. The average Bonchev–Trinajstić information content (AvgIpc) is 2.84. The van der Waals surface area contributed by atoms with E-state index in [1.165, 1.54) is 13.0 Å². The molecule has 94 valence electrons. The van der Waals surface area contributed by atoms with E-state index in [2.05, 4.69) is 0 Å². The zero-order valence-electron chi connectivity index (χ0n) is 10.3. The smallest absolute Gasteiger partial charge is 0.170 e. The van der Waals surface area contributed by atoms with Gasteiger partial charge in [-0.05, 0) is 19.1 Å². The molecule has 0 unspecified atom stereocenters. The van der Waals surface area contributed by atoms with Crippen LogP contribution in [0.15, 0.2) is 52.9 Å². The van der Waals surface area contributed by atoms with Crippen LogP contribution >= 0.6 is 0 Å². The molecule has 0 aliphatic rings. The third kappa shape index (κ3) is 1.93. The third-order valence-corrected chi connectivity index (χ3v) is 3.07. The number of para-hydroxylation sites is 1. The number of fused-ring (bicyclic) bond motifs is 1.